The number of piperidine rings is 1. The van der Waals surface area contributed by atoms with E-state index in [1.807, 2.05) is 0 Å². The van der Waals surface area contributed by atoms with Gasteiger partial charge in [0.1, 0.15) is 16.3 Å². The first-order valence-corrected chi connectivity index (χ1v) is 9.31. The normalized spacial score (nSPS) is 21.3. The summed E-state index contributed by atoms with van der Waals surface area (Å²) in [6.07, 6.45) is 1.50. The Hall–Kier alpha value is -1.87. The third-order valence-electron chi connectivity index (χ3n) is 4.88. The van der Waals surface area contributed by atoms with Crippen LogP contribution < -0.4 is 5.73 Å². The molecule has 24 heavy (non-hydrogen) atoms. The number of aryl methyl sites for hydroxylation is 2. The number of aromatic nitrogens is 2. The van der Waals surface area contributed by atoms with Crippen LogP contribution in [0.2, 0.25) is 0 Å². The number of carbonyl (C=O) groups is 1. The summed E-state index contributed by atoms with van der Waals surface area (Å²) in [7, 11) is -3.59. The van der Waals surface area contributed by atoms with Crippen LogP contribution in [0.25, 0.3) is 0 Å². The van der Waals surface area contributed by atoms with Crippen LogP contribution in [0, 0.1) is 13.8 Å². The van der Waals surface area contributed by atoms with Gasteiger partial charge >= 0.3 is 0 Å². The molecule has 0 radical (unpaired) electrons. The van der Waals surface area contributed by atoms with Gasteiger partial charge in [0.15, 0.2) is 0 Å². The molecule has 3 heterocycles. The number of H-pyrrole nitrogens is 1. The van der Waals surface area contributed by atoms with Gasteiger partial charge in [0, 0.05) is 32.4 Å². The first kappa shape index (κ1) is 17.0. The lowest BCUT2D eigenvalue weighted by Crippen LogP contribution is -2.46. The summed E-state index contributed by atoms with van der Waals surface area (Å²) in [5, 5.41) is 6.69. The molecular weight excluding hydrogens is 332 g/mol. The highest BCUT2D eigenvalue weighted by Gasteiger charge is 2.46. The lowest BCUT2D eigenvalue weighted by molar-refractivity contribution is -0.114. The van der Waals surface area contributed by atoms with Gasteiger partial charge in [0.2, 0.25) is 15.9 Å². The highest BCUT2D eigenvalue weighted by Crippen LogP contribution is 2.42. The van der Waals surface area contributed by atoms with Crippen LogP contribution in [0.3, 0.4) is 0 Å². The molecule has 2 aliphatic heterocycles. The van der Waals surface area contributed by atoms with Crippen molar-refractivity contribution in [3.63, 3.8) is 0 Å². The first-order valence-electron chi connectivity index (χ1n) is 7.86. The Morgan fingerprint density at radius 2 is 1.92 bits per heavy atom. The molecule has 9 heteroatoms. The molecule has 3 N–H and O–H groups in total. The van der Waals surface area contributed by atoms with Gasteiger partial charge in [-0.1, -0.05) is 0 Å². The number of aromatic amines is 1. The van der Waals surface area contributed by atoms with Crippen molar-refractivity contribution >= 4 is 15.9 Å². The predicted molar refractivity (Wildman–Crippen MR) is 86.4 cm³/mol. The maximum absolute atomic E-state index is 12.9. The van der Waals surface area contributed by atoms with Gasteiger partial charge in [-0.05, 0) is 20.8 Å². The number of ether oxygens (including phenoxy) is 1. The van der Waals surface area contributed by atoms with Crippen molar-refractivity contribution in [2.45, 2.75) is 50.5 Å². The van der Waals surface area contributed by atoms with Gasteiger partial charge in [-0.2, -0.15) is 9.40 Å². The van der Waals surface area contributed by atoms with Gasteiger partial charge < -0.3 is 10.5 Å². The van der Waals surface area contributed by atoms with Gasteiger partial charge in [-0.25, -0.2) is 8.42 Å². The van der Waals surface area contributed by atoms with E-state index in [1.54, 1.807) is 20.8 Å². The maximum atomic E-state index is 12.9. The molecule has 132 valence electrons. The van der Waals surface area contributed by atoms with E-state index >= 15 is 0 Å². The number of nitrogens with zero attached hydrogens (tertiary/aromatic N) is 2. The zero-order chi connectivity index (χ0) is 17.7. The summed E-state index contributed by atoms with van der Waals surface area (Å²) >= 11 is 0. The Balaban J connectivity index is 1.76. The van der Waals surface area contributed by atoms with E-state index in [-0.39, 0.29) is 4.90 Å². The minimum atomic E-state index is -3.59. The van der Waals surface area contributed by atoms with Crippen LogP contribution in [0.15, 0.2) is 16.2 Å². The number of sulfonamides is 1. The van der Waals surface area contributed by atoms with Crippen LogP contribution in [0.1, 0.15) is 37.6 Å². The van der Waals surface area contributed by atoms with Crippen LogP contribution in [-0.4, -0.2) is 47.5 Å². The second-order valence-corrected chi connectivity index (χ2v) is 8.40. The summed E-state index contributed by atoms with van der Waals surface area (Å²) in [6.45, 7) is 5.78. The second-order valence-electron chi connectivity index (χ2n) is 6.53. The lowest BCUT2D eigenvalue weighted by atomic mass is 9.87. The molecule has 1 spiro atoms. The molecule has 0 saturated carbocycles. The fraction of sp³-hybridized carbons (Fsp3) is 0.600. The number of nitrogens with two attached hydrogens (primary N) is 1. The number of amides is 1. The highest BCUT2D eigenvalue weighted by atomic mass is 32.2. The van der Waals surface area contributed by atoms with Crippen molar-refractivity contribution in [3.05, 3.63) is 22.7 Å². The maximum Gasteiger partial charge on any atom is 0.248 e. The molecule has 0 unspecified atom stereocenters. The van der Waals surface area contributed by atoms with Gasteiger partial charge in [0.05, 0.1) is 17.0 Å². The van der Waals surface area contributed by atoms with Crippen molar-refractivity contribution in [2.24, 2.45) is 5.73 Å². The number of hydrogen-bond donors (Lipinski definition) is 2. The Labute approximate surface area is 141 Å². The third kappa shape index (κ3) is 2.61. The number of carbonyl (C=O) groups excluding carboxylic acids is 1. The van der Waals surface area contributed by atoms with Gasteiger partial charge in [-0.3, -0.25) is 9.89 Å². The summed E-state index contributed by atoms with van der Waals surface area (Å²) in [4.78, 5) is 11.7. The molecule has 0 aromatic carbocycles. The van der Waals surface area contributed by atoms with E-state index in [1.165, 1.54) is 4.31 Å². The summed E-state index contributed by atoms with van der Waals surface area (Å²) in [6, 6.07) is 0. The lowest BCUT2D eigenvalue weighted by Gasteiger charge is -2.38. The van der Waals surface area contributed by atoms with Crippen molar-refractivity contribution in [1.82, 2.24) is 14.5 Å². The summed E-state index contributed by atoms with van der Waals surface area (Å²) in [5.41, 5.74) is 6.38. The van der Waals surface area contributed by atoms with Crippen molar-refractivity contribution in [3.8, 4) is 0 Å². The third-order valence-corrected chi connectivity index (χ3v) is 7.05. The fourth-order valence-electron chi connectivity index (χ4n) is 3.59. The molecule has 0 atom stereocenters. The van der Waals surface area contributed by atoms with Crippen LogP contribution in [0.4, 0.5) is 0 Å². The van der Waals surface area contributed by atoms with E-state index in [0.717, 1.165) is 0 Å². The quantitative estimate of drug-likeness (QED) is 0.829. The molecule has 1 saturated heterocycles. The van der Waals surface area contributed by atoms with Gasteiger partial charge in [0.25, 0.3) is 0 Å². The molecule has 1 amide bonds. The predicted octanol–water partition coefficient (Wildman–Crippen LogP) is 0.729. The molecule has 8 nitrogen and oxygen atoms in total. The number of hydrogen-bond acceptors (Lipinski definition) is 5. The summed E-state index contributed by atoms with van der Waals surface area (Å²) in [5.74, 6) is 0.0874. The Morgan fingerprint density at radius 1 is 1.29 bits per heavy atom. The first-order chi connectivity index (χ1) is 11.2. The highest BCUT2D eigenvalue weighted by molar-refractivity contribution is 7.89. The minimum absolute atomic E-state index is 0.248. The summed E-state index contributed by atoms with van der Waals surface area (Å²) < 4.78 is 33.1. The Morgan fingerprint density at radius 3 is 2.38 bits per heavy atom. The monoisotopic (exact) mass is 354 g/mol. The van der Waals surface area contributed by atoms with E-state index in [9.17, 15) is 13.2 Å². The smallest absolute Gasteiger partial charge is 0.248 e. The van der Waals surface area contributed by atoms with Gasteiger partial charge in [-0.15, -0.1) is 0 Å². The molecule has 1 fully saturated rings. The zero-order valence-corrected chi connectivity index (χ0v) is 14.9. The number of rotatable bonds is 3. The minimum Gasteiger partial charge on any atom is -0.491 e. The van der Waals surface area contributed by atoms with Crippen LogP contribution >= 0.6 is 0 Å². The molecule has 1 aromatic rings. The molecule has 2 aliphatic rings. The zero-order valence-electron chi connectivity index (χ0n) is 14.0. The molecule has 0 aliphatic carbocycles. The molecular formula is C15H22N4O4S. The molecule has 1 aromatic heterocycles. The average molecular weight is 354 g/mol. The number of primary amides is 1. The largest absolute Gasteiger partial charge is 0.491 e. The van der Waals surface area contributed by atoms with E-state index in [0.29, 0.717) is 55.1 Å². The van der Waals surface area contributed by atoms with Crippen LogP contribution in [-0.2, 0) is 19.6 Å². The molecule has 0 bridgehead atoms. The SMILES string of the molecule is CC1=C(C(N)=O)CC2(CCN(S(=O)(=O)c3c(C)n[nH]c3C)CC2)O1. The Bertz CT molecular complexity index is 797. The topological polar surface area (TPSA) is 118 Å². The standard InChI is InChI=1S/C15H22N4O4S/c1-9-13(10(2)18-17-9)24(21,22)19-6-4-15(5-7-19)8-12(14(16)20)11(3)23-15/h4-8H2,1-3H3,(H2,16,20)(H,17,18). The van der Waals surface area contributed by atoms with Crippen LogP contribution in [0.5, 0.6) is 0 Å². The van der Waals surface area contributed by atoms with Crippen molar-refractivity contribution < 1.29 is 17.9 Å². The number of nitrogens with one attached hydrogen (secondary N) is 1. The molecule has 3 rings (SSSR count). The van der Waals surface area contributed by atoms with Crippen molar-refractivity contribution in [1.29, 1.82) is 0 Å². The van der Waals surface area contributed by atoms with E-state index in [2.05, 4.69) is 10.2 Å². The fourth-order valence-corrected chi connectivity index (χ4v) is 5.37. The van der Waals surface area contributed by atoms with Crippen molar-refractivity contribution in [2.75, 3.05) is 13.1 Å². The second kappa shape index (κ2) is 5.59. The Kier molecular flexibility index (Phi) is 3.95. The number of allylic oxidation sites excluding steroid dienone is 1. The van der Waals surface area contributed by atoms with E-state index in [4.69, 9.17) is 10.5 Å². The van der Waals surface area contributed by atoms with E-state index < -0.39 is 21.5 Å². The average Bonchev–Trinajstić information content (AvgIpc) is 3.00.